The summed E-state index contributed by atoms with van der Waals surface area (Å²) in [6, 6.07) is 0. The Labute approximate surface area is 123 Å². The number of hydrogen-bond acceptors (Lipinski definition) is 3. The summed E-state index contributed by atoms with van der Waals surface area (Å²) in [5, 5.41) is 3.30. The molecule has 2 fully saturated rings. The molecule has 2 rings (SSSR count). The van der Waals surface area contributed by atoms with Crippen LogP contribution in [0.3, 0.4) is 0 Å². The highest BCUT2D eigenvalue weighted by Gasteiger charge is 2.24. The van der Waals surface area contributed by atoms with Crippen LogP contribution in [0.15, 0.2) is 0 Å². The monoisotopic (exact) mass is 281 g/mol. The molecule has 2 heterocycles. The normalized spacial score (nSPS) is 22.4. The quantitative estimate of drug-likeness (QED) is 0.831. The van der Waals surface area contributed by atoms with Crippen LogP contribution in [0.4, 0.5) is 0 Å². The molecular formula is C16H31N3O. The molecule has 116 valence electrons. The average molecular weight is 281 g/mol. The highest BCUT2D eigenvalue weighted by atomic mass is 16.2. The molecule has 0 radical (unpaired) electrons. The zero-order valence-corrected chi connectivity index (χ0v) is 13.2. The molecule has 4 heteroatoms. The van der Waals surface area contributed by atoms with Crippen LogP contribution >= 0.6 is 0 Å². The fourth-order valence-corrected chi connectivity index (χ4v) is 3.15. The standard InChI is InChI=1S/C16H31N3O/c1-14(2)3-8-18-9-4-15(5-10-18)13-16(20)19-11-6-17-7-12-19/h14-15,17H,3-13H2,1-2H3. The number of piperidine rings is 1. The fourth-order valence-electron chi connectivity index (χ4n) is 3.15. The lowest BCUT2D eigenvalue weighted by molar-refractivity contribution is -0.133. The summed E-state index contributed by atoms with van der Waals surface area (Å²) < 4.78 is 0. The molecule has 4 nitrogen and oxygen atoms in total. The van der Waals surface area contributed by atoms with E-state index < -0.39 is 0 Å². The number of hydrogen-bond donors (Lipinski definition) is 1. The van der Waals surface area contributed by atoms with Gasteiger partial charge in [-0.05, 0) is 50.7 Å². The van der Waals surface area contributed by atoms with Gasteiger partial charge in [0.2, 0.25) is 5.91 Å². The molecule has 0 aromatic heterocycles. The van der Waals surface area contributed by atoms with Gasteiger partial charge in [0.25, 0.3) is 0 Å². The third-order valence-electron chi connectivity index (χ3n) is 4.66. The number of piperazine rings is 1. The third kappa shape index (κ3) is 5.06. The Kier molecular flexibility index (Phi) is 6.30. The van der Waals surface area contributed by atoms with Crippen molar-refractivity contribution in [3.05, 3.63) is 0 Å². The fraction of sp³-hybridized carbons (Fsp3) is 0.938. The molecule has 0 unspecified atom stereocenters. The van der Waals surface area contributed by atoms with Gasteiger partial charge >= 0.3 is 0 Å². The van der Waals surface area contributed by atoms with Crippen molar-refractivity contribution >= 4 is 5.91 Å². The molecule has 2 saturated heterocycles. The highest BCUT2D eigenvalue weighted by molar-refractivity contribution is 5.76. The number of amides is 1. The van der Waals surface area contributed by atoms with Crippen LogP contribution in [0.5, 0.6) is 0 Å². The van der Waals surface area contributed by atoms with Crippen molar-refractivity contribution in [1.82, 2.24) is 15.1 Å². The van der Waals surface area contributed by atoms with E-state index in [0.29, 0.717) is 11.8 Å². The molecular weight excluding hydrogens is 250 g/mol. The van der Waals surface area contributed by atoms with E-state index in [4.69, 9.17) is 0 Å². The molecule has 0 aromatic rings. The summed E-state index contributed by atoms with van der Waals surface area (Å²) in [6.45, 7) is 11.9. The molecule has 0 saturated carbocycles. The van der Waals surface area contributed by atoms with Crippen molar-refractivity contribution < 1.29 is 4.79 Å². The van der Waals surface area contributed by atoms with Crippen molar-refractivity contribution in [3.63, 3.8) is 0 Å². The van der Waals surface area contributed by atoms with E-state index in [1.54, 1.807) is 0 Å². The second-order valence-electron chi connectivity index (χ2n) is 6.80. The Morgan fingerprint density at radius 2 is 1.80 bits per heavy atom. The Hall–Kier alpha value is -0.610. The summed E-state index contributed by atoms with van der Waals surface area (Å²) in [7, 11) is 0. The second kappa shape index (κ2) is 7.99. The minimum atomic E-state index is 0.382. The molecule has 0 aliphatic carbocycles. The van der Waals surface area contributed by atoms with Crippen LogP contribution in [0, 0.1) is 11.8 Å². The maximum Gasteiger partial charge on any atom is 0.222 e. The molecule has 20 heavy (non-hydrogen) atoms. The Morgan fingerprint density at radius 1 is 1.15 bits per heavy atom. The van der Waals surface area contributed by atoms with Gasteiger partial charge < -0.3 is 15.1 Å². The van der Waals surface area contributed by atoms with Gasteiger partial charge in [-0.2, -0.15) is 0 Å². The lowest BCUT2D eigenvalue weighted by Crippen LogP contribution is -2.47. The van der Waals surface area contributed by atoms with E-state index in [1.807, 2.05) is 4.90 Å². The first-order valence-corrected chi connectivity index (χ1v) is 8.36. The number of rotatable bonds is 5. The summed E-state index contributed by atoms with van der Waals surface area (Å²) >= 11 is 0. The molecule has 0 bridgehead atoms. The topological polar surface area (TPSA) is 35.6 Å². The minimum absolute atomic E-state index is 0.382. The summed E-state index contributed by atoms with van der Waals surface area (Å²) in [6.07, 6.45) is 4.48. The molecule has 1 N–H and O–H groups in total. The number of carbonyl (C=O) groups excluding carboxylic acids is 1. The van der Waals surface area contributed by atoms with Gasteiger partial charge in [0.15, 0.2) is 0 Å². The van der Waals surface area contributed by atoms with Crippen molar-refractivity contribution in [1.29, 1.82) is 0 Å². The lowest BCUT2D eigenvalue weighted by Gasteiger charge is -2.34. The van der Waals surface area contributed by atoms with Crippen molar-refractivity contribution in [2.45, 2.75) is 39.5 Å². The Bertz CT molecular complexity index is 292. The van der Waals surface area contributed by atoms with Gasteiger partial charge in [-0.25, -0.2) is 0 Å². The van der Waals surface area contributed by atoms with E-state index in [-0.39, 0.29) is 0 Å². The van der Waals surface area contributed by atoms with Crippen LogP contribution < -0.4 is 5.32 Å². The molecule has 0 atom stereocenters. The van der Waals surface area contributed by atoms with Crippen molar-refractivity contribution in [3.8, 4) is 0 Å². The van der Waals surface area contributed by atoms with Crippen LogP contribution in [-0.2, 0) is 4.79 Å². The Balaban J connectivity index is 1.64. The molecule has 2 aliphatic heterocycles. The number of carbonyl (C=O) groups is 1. The first-order valence-electron chi connectivity index (χ1n) is 8.36. The lowest BCUT2D eigenvalue weighted by atomic mass is 9.92. The second-order valence-corrected chi connectivity index (χ2v) is 6.80. The van der Waals surface area contributed by atoms with Gasteiger partial charge in [0.1, 0.15) is 0 Å². The van der Waals surface area contributed by atoms with E-state index in [0.717, 1.165) is 38.5 Å². The Morgan fingerprint density at radius 3 is 2.40 bits per heavy atom. The van der Waals surface area contributed by atoms with E-state index >= 15 is 0 Å². The van der Waals surface area contributed by atoms with Gasteiger partial charge in [0.05, 0.1) is 0 Å². The highest BCUT2D eigenvalue weighted by Crippen LogP contribution is 2.22. The van der Waals surface area contributed by atoms with Crippen LogP contribution in [-0.4, -0.2) is 61.5 Å². The summed E-state index contributed by atoms with van der Waals surface area (Å²) in [4.78, 5) is 16.9. The molecule has 1 amide bonds. The van der Waals surface area contributed by atoms with Gasteiger partial charge in [-0.1, -0.05) is 13.8 Å². The van der Waals surface area contributed by atoms with Gasteiger partial charge in [0, 0.05) is 32.6 Å². The summed E-state index contributed by atoms with van der Waals surface area (Å²) in [5.74, 6) is 1.79. The predicted octanol–water partition coefficient (Wildman–Crippen LogP) is 1.57. The van der Waals surface area contributed by atoms with Crippen LogP contribution in [0.1, 0.15) is 39.5 Å². The van der Waals surface area contributed by atoms with Gasteiger partial charge in [-0.15, -0.1) is 0 Å². The smallest absolute Gasteiger partial charge is 0.222 e. The minimum Gasteiger partial charge on any atom is -0.340 e. The largest absolute Gasteiger partial charge is 0.340 e. The zero-order valence-electron chi connectivity index (χ0n) is 13.2. The molecule has 0 aromatic carbocycles. The zero-order chi connectivity index (χ0) is 14.4. The van der Waals surface area contributed by atoms with Crippen LogP contribution in [0.2, 0.25) is 0 Å². The number of nitrogens with zero attached hydrogens (tertiary/aromatic N) is 2. The first-order chi connectivity index (χ1) is 9.65. The van der Waals surface area contributed by atoms with Crippen molar-refractivity contribution in [2.24, 2.45) is 11.8 Å². The molecule has 0 spiro atoms. The third-order valence-corrected chi connectivity index (χ3v) is 4.66. The number of likely N-dealkylation sites (tertiary alicyclic amines) is 1. The SMILES string of the molecule is CC(C)CCN1CCC(CC(=O)N2CCNCC2)CC1. The predicted molar refractivity (Wildman–Crippen MR) is 82.7 cm³/mol. The van der Waals surface area contributed by atoms with Crippen molar-refractivity contribution in [2.75, 3.05) is 45.8 Å². The molecule has 2 aliphatic rings. The maximum absolute atomic E-state index is 12.2. The van der Waals surface area contributed by atoms with E-state index in [2.05, 4.69) is 24.1 Å². The maximum atomic E-state index is 12.2. The average Bonchev–Trinajstić information content (AvgIpc) is 2.47. The van der Waals surface area contributed by atoms with E-state index in [9.17, 15) is 4.79 Å². The van der Waals surface area contributed by atoms with Gasteiger partial charge in [-0.3, -0.25) is 4.79 Å². The van der Waals surface area contributed by atoms with Crippen LogP contribution in [0.25, 0.3) is 0 Å². The summed E-state index contributed by atoms with van der Waals surface area (Å²) in [5.41, 5.74) is 0. The van der Waals surface area contributed by atoms with E-state index in [1.165, 1.54) is 38.9 Å². The first kappa shape index (κ1) is 15.8. The number of nitrogens with one attached hydrogen (secondary N) is 1.